The van der Waals surface area contributed by atoms with E-state index in [0.29, 0.717) is 0 Å². The Balaban J connectivity index is 3.34. The molecule has 0 unspecified atom stereocenters. The first-order chi connectivity index (χ1) is 4.63. The average Bonchev–Trinajstić information content (AvgIpc) is 1.93. The highest BCUT2D eigenvalue weighted by Gasteiger charge is 2.07. The molecule has 0 aliphatic rings. The second-order valence-electron chi connectivity index (χ2n) is 1.76. The van der Waals surface area contributed by atoms with Gasteiger partial charge < -0.3 is 15.3 Å². The molecule has 3 nitrogen and oxygen atoms in total. The van der Waals surface area contributed by atoms with Crippen molar-refractivity contribution in [1.82, 2.24) is 0 Å². The maximum absolute atomic E-state index is 8.85. The first-order valence-corrected chi connectivity index (χ1v) is 2.90. The second kappa shape index (κ2) is 2.27. The summed E-state index contributed by atoms with van der Waals surface area (Å²) in [6.45, 7) is 0. The van der Waals surface area contributed by atoms with Gasteiger partial charge in [-0.1, -0.05) is 11.6 Å². The number of rotatable bonds is 0. The van der Waals surface area contributed by atoms with Gasteiger partial charge in [0.05, 0.1) is 5.02 Å². The molecule has 0 radical (unpaired) electrons. The van der Waals surface area contributed by atoms with Gasteiger partial charge in [0.15, 0.2) is 11.5 Å². The molecular weight excluding hydrogens is 156 g/mol. The zero-order valence-electron chi connectivity index (χ0n) is 4.87. The number of benzene rings is 1. The van der Waals surface area contributed by atoms with Gasteiger partial charge in [-0.3, -0.25) is 0 Å². The first kappa shape index (κ1) is 7.02. The second-order valence-corrected chi connectivity index (χ2v) is 2.17. The molecule has 0 aliphatic carbocycles. The van der Waals surface area contributed by atoms with E-state index in [1.54, 1.807) is 0 Å². The van der Waals surface area contributed by atoms with Crippen LogP contribution in [0, 0.1) is 0 Å². The smallest absolute Gasteiger partial charge is 0.201 e. The van der Waals surface area contributed by atoms with Gasteiger partial charge in [-0.05, 0) is 12.1 Å². The summed E-state index contributed by atoms with van der Waals surface area (Å²) < 4.78 is 0. The van der Waals surface area contributed by atoms with Gasteiger partial charge in [0.1, 0.15) is 0 Å². The number of phenols is 3. The highest BCUT2D eigenvalue weighted by molar-refractivity contribution is 6.32. The topological polar surface area (TPSA) is 60.7 Å². The van der Waals surface area contributed by atoms with Crippen LogP contribution in [0.3, 0.4) is 0 Å². The van der Waals surface area contributed by atoms with Gasteiger partial charge >= 0.3 is 0 Å². The van der Waals surface area contributed by atoms with Crippen molar-refractivity contribution in [1.29, 1.82) is 0 Å². The minimum atomic E-state index is -0.590. The van der Waals surface area contributed by atoms with Gasteiger partial charge in [-0.25, -0.2) is 0 Å². The summed E-state index contributed by atoms with van der Waals surface area (Å²) in [5.41, 5.74) is 0. The van der Waals surface area contributed by atoms with Crippen LogP contribution in [0.1, 0.15) is 0 Å². The van der Waals surface area contributed by atoms with E-state index in [2.05, 4.69) is 0 Å². The number of hydrogen-bond acceptors (Lipinski definition) is 3. The minimum absolute atomic E-state index is 0.00954. The average molecular weight is 161 g/mol. The van der Waals surface area contributed by atoms with E-state index in [1.807, 2.05) is 0 Å². The molecule has 1 aromatic rings. The van der Waals surface area contributed by atoms with E-state index in [1.165, 1.54) is 12.1 Å². The maximum atomic E-state index is 8.85. The summed E-state index contributed by atoms with van der Waals surface area (Å²) in [7, 11) is 0. The maximum Gasteiger partial charge on any atom is 0.201 e. The van der Waals surface area contributed by atoms with Crippen molar-refractivity contribution >= 4 is 11.6 Å². The molecule has 54 valence electrons. The summed E-state index contributed by atoms with van der Waals surface area (Å²) in [6, 6.07) is 2.48. The molecule has 0 saturated heterocycles. The molecule has 0 heterocycles. The van der Waals surface area contributed by atoms with Crippen LogP contribution >= 0.6 is 11.6 Å². The lowest BCUT2D eigenvalue weighted by Gasteiger charge is -2.00. The normalized spacial score (nSPS) is 9.70. The lowest BCUT2D eigenvalue weighted by molar-refractivity contribution is 0.368. The predicted molar refractivity (Wildman–Crippen MR) is 36.4 cm³/mol. The SMILES string of the molecule is Oc1ccc(Cl)c(O)c1O. The van der Waals surface area contributed by atoms with Crippen molar-refractivity contribution in [2.24, 2.45) is 0 Å². The molecule has 1 aromatic carbocycles. The van der Waals surface area contributed by atoms with Gasteiger partial charge in [-0.2, -0.15) is 0 Å². The molecule has 0 bridgehead atoms. The third kappa shape index (κ3) is 0.953. The van der Waals surface area contributed by atoms with E-state index < -0.39 is 11.5 Å². The lowest BCUT2D eigenvalue weighted by Crippen LogP contribution is -1.71. The van der Waals surface area contributed by atoms with Crippen LogP contribution in [0.2, 0.25) is 5.02 Å². The quantitative estimate of drug-likeness (QED) is 0.504. The Kier molecular flexibility index (Phi) is 1.59. The van der Waals surface area contributed by atoms with E-state index in [9.17, 15) is 0 Å². The third-order valence-corrected chi connectivity index (χ3v) is 1.39. The number of hydrogen-bond donors (Lipinski definition) is 3. The number of aromatic hydroxyl groups is 3. The van der Waals surface area contributed by atoms with Crippen molar-refractivity contribution < 1.29 is 15.3 Å². The van der Waals surface area contributed by atoms with Crippen LogP contribution in [-0.4, -0.2) is 15.3 Å². The van der Waals surface area contributed by atoms with Crippen LogP contribution in [0.5, 0.6) is 17.2 Å². The molecule has 4 heteroatoms. The van der Waals surface area contributed by atoms with Gasteiger partial charge in [0, 0.05) is 0 Å². The predicted octanol–water partition coefficient (Wildman–Crippen LogP) is 1.46. The number of phenolic OH excluding ortho intramolecular Hbond substituents is 3. The van der Waals surface area contributed by atoms with Crippen LogP contribution in [-0.2, 0) is 0 Å². The lowest BCUT2D eigenvalue weighted by atomic mass is 10.3. The summed E-state index contributed by atoms with van der Waals surface area (Å²) in [4.78, 5) is 0. The van der Waals surface area contributed by atoms with Crippen LogP contribution < -0.4 is 0 Å². The van der Waals surface area contributed by atoms with Crippen molar-refractivity contribution in [3.8, 4) is 17.2 Å². The standard InChI is InChI=1S/C6H5ClO3/c7-3-1-2-4(8)6(10)5(3)9/h1-2,8-10H. The molecule has 0 amide bonds. The molecule has 0 spiro atoms. The Morgan fingerprint density at radius 3 is 2.10 bits per heavy atom. The Morgan fingerprint density at radius 2 is 1.60 bits per heavy atom. The van der Waals surface area contributed by atoms with Crippen molar-refractivity contribution in [3.05, 3.63) is 17.2 Å². The zero-order chi connectivity index (χ0) is 7.72. The highest BCUT2D eigenvalue weighted by Crippen LogP contribution is 2.39. The zero-order valence-corrected chi connectivity index (χ0v) is 5.63. The summed E-state index contributed by atoms with van der Waals surface area (Å²) in [5, 5.41) is 26.4. The van der Waals surface area contributed by atoms with Gasteiger partial charge in [0.25, 0.3) is 0 Å². The fourth-order valence-corrected chi connectivity index (χ4v) is 0.697. The Labute approximate surface area is 62.1 Å². The molecular formula is C6H5ClO3. The fourth-order valence-electron chi connectivity index (χ4n) is 0.544. The molecule has 0 saturated carbocycles. The van der Waals surface area contributed by atoms with Gasteiger partial charge in [-0.15, -0.1) is 0 Å². The summed E-state index contributed by atoms with van der Waals surface area (Å²) >= 11 is 5.36. The Bertz CT molecular complexity index is 232. The molecule has 0 aromatic heterocycles. The first-order valence-electron chi connectivity index (χ1n) is 2.52. The van der Waals surface area contributed by atoms with Crippen molar-refractivity contribution in [3.63, 3.8) is 0 Å². The third-order valence-electron chi connectivity index (χ3n) is 1.08. The van der Waals surface area contributed by atoms with Crippen LogP contribution in [0.25, 0.3) is 0 Å². The molecule has 10 heavy (non-hydrogen) atoms. The van der Waals surface area contributed by atoms with Crippen molar-refractivity contribution in [2.45, 2.75) is 0 Å². The Morgan fingerprint density at radius 1 is 1.00 bits per heavy atom. The summed E-state index contributed by atoms with van der Waals surface area (Å²) in [5.74, 6) is -1.48. The molecule has 0 aliphatic heterocycles. The van der Waals surface area contributed by atoms with E-state index in [4.69, 9.17) is 26.9 Å². The fraction of sp³-hybridized carbons (Fsp3) is 0. The van der Waals surface area contributed by atoms with E-state index >= 15 is 0 Å². The van der Waals surface area contributed by atoms with Gasteiger partial charge in [0.2, 0.25) is 5.75 Å². The largest absolute Gasteiger partial charge is 0.504 e. The van der Waals surface area contributed by atoms with E-state index in [0.717, 1.165) is 0 Å². The molecule has 1 rings (SSSR count). The monoisotopic (exact) mass is 160 g/mol. The van der Waals surface area contributed by atoms with Crippen molar-refractivity contribution in [2.75, 3.05) is 0 Å². The van der Waals surface area contributed by atoms with Crippen LogP contribution in [0.4, 0.5) is 0 Å². The summed E-state index contributed by atoms with van der Waals surface area (Å²) in [6.07, 6.45) is 0. The molecule has 0 atom stereocenters. The highest BCUT2D eigenvalue weighted by atomic mass is 35.5. The number of halogens is 1. The van der Waals surface area contributed by atoms with Crippen LogP contribution in [0.15, 0.2) is 12.1 Å². The minimum Gasteiger partial charge on any atom is -0.504 e. The Hall–Kier alpha value is -1.09. The molecule has 3 N–H and O–H groups in total. The van der Waals surface area contributed by atoms with E-state index in [-0.39, 0.29) is 10.8 Å². The molecule has 0 fully saturated rings.